The molecule has 20 heavy (non-hydrogen) atoms. The van der Waals surface area contributed by atoms with E-state index in [0.29, 0.717) is 13.0 Å². The molecule has 0 rings (SSSR count). The SMILES string of the molecule is CN(C)C(N(C)C)P(OCCC#N)C(N(C)C)N(C)C. The average molecular weight is 303 g/mol. The Kier molecular flexibility index (Phi) is 9.48. The van der Waals surface area contributed by atoms with Gasteiger partial charge < -0.3 is 4.52 Å². The van der Waals surface area contributed by atoms with Crippen molar-refractivity contribution in [2.75, 3.05) is 63.0 Å². The van der Waals surface area contributed by atoms with Crippen LogP contribution in [-0.2, 0) is 4.52 Å². The van der Waals surface area contributed by atoms with Gasteiger partial charge in [-0.05, 0) is 56.4 Å². The van der Waals surface area contributed by atoms with Crippen LogP contribution in [0.2, 0.25) is 0 Å². The van der Waals surface area contributed by atoms with Gasteiger partial charge in [-0.15, -0.1) is 0 Å². The molecule has 6 nitrogen and oxygen atoms in total. The van der Waals surface area contributed by atoms with Crippen LogP contribution in [0.4, 0.5) is 0 Å². The normalized spacial score (nSPS) is 12.7. The Balaban J connectivity index is 5.26. The predicted octanol–water partition coefficient (Wildman–Crippen LogP) is 1.13. The van der Waals surface area contributed by atoms with Gasteiger partial charge in [-0.1, -0.05) is 0 Å². The van der Waals surface area contributed by atoms with Crippen LogP contribution < -0.4 is 0 Å². The Bertz CT molecular complexity index is 268. The summed E-state index contributed by atoms with van der Waals surface area (Å²) in [6, 6.07) is 2.15. The van der Waals surface area contributed by atoms with Crippen LogP contribution in [0.1, 0.15) is 6.42 Å². The van der Waals surface area contributed by atoms with Gasteiger partial charge in [-0.25, -0.2) is 0 Å². The van der Waals surface area contributed by atoms with E-state index in [1.807, 2.05) is 0 Å². The Morgan fingerprint density at radius 3 is 1.45 bits per heavy atom. The monoisotopic (exact) mass is 303 g/mol. The highest BCUT2D eigenvalue weighted by Gasteiger charge is 2.36. The van der Waals surface area contributed by atoms with Crippen molar-refractivity contribution < 1.29 is 4.52 Å². The smallest absolute Gasteiger partial charge is 0.110 e. The molecule has 0 spiro atoms. The van der Waals surface area contributed by atoms with Crippen LogP contribution >= 0.6 is 8.15 Å². The third-order valence-corrected chi connectivity index (χ3v) is 6.00. The summed E-state index contributed by atoms with van der Waals surface area (Å²) in [6.45, 7) is 0.485. The van der Waals surface area contributed by atoms with E-state index >= 15 is 0 Å². The van der Waals surface area contributed by atoms with Crippen LogP contribution in [0.15, 0.2) is 0 Å². The lowest BCUT2D eigenvalue weighted by Crippen LogP contribution is -2.48. The molecule has 0 radical (unpaired) electrons. The maximum atomic E-state index is 8.73. The third kappa shape index (κ3) is 6.01. The van der Waals surface area contributed by atoms with Crippen LogP contribution in [0.3, 0.4) is 0 Å². The zero-order valence-corrected chi connectivity index (χ0v) is 15.1. The molecule has 0 aliphatic heterocycles. The quantitative estimate of drug-likeness (QED) is 0.361. The molecule has 0 amide bonds. The van der Waals surface area contributed by atoms with Crippen molar-refractivity contribution in [3.05, 3.63) is 0 Å². The summed E-state index contributed by atoms with van der Waals surface area (Å²) in [4.78, 5) is 8.71. The van der Waals surface area contributed by atoms with Crippen molar-refractivity contribution in [2.24, 2.45) is 0 Å². The van der Waals surface area contributed by atoms with E-state index in [0.717, 1.165) is 0 Å². The van der Waals surface area contributed by atoms with Crippen molar-refractivity contribution in [3.63, 3.8) is 0 Å². The second-order valence-corrected chi connectivity index (χ2v) is 7.55. The van der Waals surface area contributed by atoms with E-state index in [9.17, 15) is 0 Å². The van der Waals surface area contributed by atoms with E-state index in [1.165, 1.54) is 0 Å². The first kappa shape index (κ1) is 19.7. The largest absolute Gasteiger partial charge is 0.352 e. The van der Waals surface area contributed by atoms with Gasteiger partial charge in [-0.3, -0.25) is 19.6 Å². The van der Waals surface area contributed by atoms with Gasteiger partial charge in [0.1, 0.15) is 11.8 Å². The molecule has 0 saturated carbocycles. The van der Waals surface area contributed by atoms with E-state index < -0.39 is 8.15 Å². The molecule has 0 aromatic heterocycles. The Labute approximate surface area is 125 Å². The van der Waals surface area contributed by atoms with Crippen LogP contribution in [0.5, 0.6) is 0 Å². The molecule has 7 heteroatoms. The molecule has 118 valence electrons. The molecule has 0 atom stereocenters. The van der Waals surface area contributed by atoms with Gasteiger partial charge in [0.25, 0.3) is 0 Å². The van der Waals surface area contributed by atoms with Gasteiger partial charge in [0, 0.05) is 0 Å². The molecule has 0 aliphatic rings. The lowest BCUT2D eigenvalue weighted by atomic mass is 10.5. The van der Waals surface area contributed by atoms with Crippen molar-refractivity contribution in [3.8, 4) is 6.07 Å². The van der Waals surface area contributed by atoms with Gasteiger partial charge in [0.2, 0.25) is 0 Å². The highest BCUT2D eigenvalue weighted by atomic mass is 31.1. The minimum absolute atomic E-state index is 0.193. The molecule has 0 bridgehead atoms. The van der Waals surface area contributed by atoms with Crippen LogP contribution in [-0.4, -0.2) is 94.4 Å². The Morgan fingerprint density at radius 2 is 1.20 bits per heavy atom. The van der Waals surface area contributed by atoms with Gasteiger partial charge in [0.05, 0.1) is 27.2 Å². The second-order valence-electron chi connectivity index (χ2n) is 5.65. The Morgan fingerprint density at radius 1 is 0.850 bits per heavy atom. The minimum Gasteiger partial charge on any atom is -0.352 e. The molecule has 0 N–H and O–H groups in total. The number of nitriles is 1. The fourth-order valence-electron chi connectivity index (χ4n) is 2.28. The first-order valence-electron chi connectivity index (χ1n) is 6.68. The number of hydrogen-bond acceptors (Lipinski definition) is 6. The summed E-state index contributed by atoms with van der Waals surface area (Å²) in [7, 11) is 15.7. The van der Waals surface area contributed by atoms with Gasteiger partial charge >= 0.3 is 0 Å². The zero-order valence-electron chi connectivity index (χ0n) is 14.2. The van der Waals surface area contributed by atoms with Gasteiger partial charge in [0.15, 0.2) is 0 Å². The van der Waals surface area contributed by atoms with E-state index in [-0.39, 0.29) is 11.8 Å². The summed E-state index contributed by atoms with van der Waals surface area (Å²) >= 11 is 0. The fourth-order valence-corrected chi connectivity index (χ4v) is 4.91. The Hall–Kier alpha value is -0.280. The lowest BCUT2D eigenvalue weighted by molar-refractivity contribution is 0.146. The summed E-state index contributed by atoms with van der Waals surface area (Å²) in [5, 5.41) is 8.73. The average Bonchev–Trinajstić information content (AvgIpc) is 2.26. The van der Waals surface area contributed by atoms with Gasteiger partial charge in [-0.2, -0.15) is 5.26 Å². The highest BCUT2D eigenvalue weighted by Crippen LogP contribution is 2.50. The summed E-state index contributed by atoms with van der Waals surface area (Å²) < 4.78 is 6.13. The van der Waals surface area contributed by atoms with Crippen molar-refractivity contribution in [1.29, 1.82) is 5.26 Å². The molecule has 0 aliphatic carbocycles. The standard InChI is InChI=1S/C13H30N5OP/c1-15(2)12(16(3)4)20(19-11-9-10-14)13(17(5)6)18(7)8/h12-13H,9,11H2,1-8H3. The first-order valence-corrected chi connectivity index (χ1v) is 8.07. The number of nitrogens with zero attached hydrogens (tertiary/aromatic N) is 5. The molecule has 0 heterocycles. The van der Waals surface area contributed by atoms with Crippen molar-refractivity contribution >= 4 is 8.15 Å². The van der Waals surface area contributed by atoms with Crippen LogP contribution in [0, 0.1) is 11.3 Å². The molecule has 0 saturated heterocycles. The zero-order chi connectivity index (χ0) is 15.9. The third-order valence-electron chi connectivity index (χ3n) is 2.76. The maximum Gasteiger partial charge on any atom is 0.110 e. The van der Waals surface area contributed by atoms with E-state index in [1.54, 1.807) is 0 Å². The number of rotatable bonds is 9. The van der Waals surface area contributed by atoms with E-state index in [2.05, 4.69) is 82.1 Å². The fraction of sp³-hybridized carbons (Fsp3) is 0.923. The lowest BCUT2D eigenvalue weighted by Gasteiger charge is -2.44. The predicted molar refractivity (Wildman–Crippen MR) is 85.4 cm³/mol. The second kappa shape index (κ2) is 9.62. The first-order chi connectivity index (χ1) is 9.23. The maximum absolute atomic E-state index is 8.73. The highest BCUT2D eigenvalue weighted by molar-refractivity contribution is 7.53. The molecular formula is C13H30N5OP. The topological polar surface area (TPSA) is 46.0 Å². The number of hydrogen-bond donors (Lipinski definition) is 0. The summed E-state index contributed by atoms with van der Waals surface area (Å²) in [6.07, 6.45) is 0.431. The molecule has 0 unspecified atom stereocenters. The van der Waals surface area contributed by atoms with Crippen LogP contribution in [0.25, 0.3) is 0 Å². The molecule has 0 aromatic carbocycles. The van der Waals surface area contributed by atoms with Crippen molar-refractivity contribution in [1.82, 2.24) is 19.6 Å². The molecular weight excluding hydrogens is 273 g/mol. The summed E-state index contributed by atoms with van der Waals surface area (Å²) in [5.74, 6) is 0.386. The molecule has 0 fully saturated rings. The van der Waals surface area contributed by atoms with Crippen molar-refractivity contribution in [2.45, 2.75) is 18.2 Å². The molecule has 0 aromatic rings. The van der Waals surface area contributed by atoms with E-state index in [4.69, 9.17) is 9.79 Å². The summed E-state index contributed by atoms with van der Waals surface area (Å²) in [5.41, 5.74) is 0. The minimum atomic E-state index is -0.804.